The topological polar surface area (TPSA) is 111 Å². The lowest BCUT2D eigenvalue weighted by molar-refractivity contribution is 0.0595. The van der Waals surface area contributed by atoms with Crippen LogP contribution in [0, 0.1) is 30.5 Å². The van der Waals surface area contributed by atoms with Crippen molar-refractivity contribution in [1.29, 1.82) is 0 Å². The summed E-state index contributed by atoms with van der Waals surface area (Å²) in [6, 6.07) is 7.43. The largest absolute Gasteiger partial charge is 0.404 e. The van der Waals surface area contributed by atoms with Crippen molar-refractivity contribution >= 4 is 23.4 Å². The van der Waals surface area contributed by atoms with Crippen molar-refractivity contribution in [3.63, 3.8) is 0 Å². The molecule has 4 N–H and O–H groups in total. The predicted octanol–water partition coefficient (Wildman–Crippen LogP) is 5.10. The summed E-state index contributed by atoms with van der Waals surface area (Å²) in [5.41, 5.74) is 13.9. The lowest BCUT2D eigenvalue weighted by atomic mass is 9.75. The number of hydrogen-bond donors (Lipinski definition) is 2. The molecule has 1 fully saturated rings. The summed E-state index contributed by atoms with van der Waals surface area (Å²) in [4.78, 5) is 15.9. The summed E-state index contributed by atoms with van der Waals surface area (Å²) in [6.07, 6.45) is 6.04. The Labute approximate surface area is 239 Å². The van der Waals surface area contributed by atoms with E-state index in [1.54, 1.807) is 25.3 Å². The summed E-state index contributed by atoms with van der Waals surface area (Å²) in [5.74, 6) is 0.404. The van der Waals surface area contributed by atoms with E-state index in [0.29, 0.717) is 39.8 Å². The van der Waals surface area contributed by atoms with Gasteiger partial charge in [0.05, 0.1) is 17.8 Å². The molecule has 5 atom stereocenters. The molecule has 3 aromatic rings. The van der Waals surface area contributed by atoms with Crippen LogP contribution in [0.2, 0.25) is 5.02 Å². The molecule has 0 spiro atoms. The fraction of sp³-hybridized carbons (Fsp3) is 0.448. The number of rotatable bonds is 9. The highest BCUT2D eigenvalue weighted by Crippen LogP contribution is 2.37. The quantitative estimate of drug-likeness (QED) is 0.273. The Hall–Kier alpha value is -3.21. The Bertz CT molecular complexity index is 1370. The van der Waals surface area contributed by atoms with Gasteiger partial charge in [-0.3, -0.25) is 4.99 Å². The maximum atomic E-state index is 15.0. The molecule has 1 aromatic carbocycles. The van der Waals surface area contributed by atoms with Crippen molar-refractivity contribution in [2.24, 2.45) is 28.3 Å². The first-order valence-electron chi connectivity index (χ1n) is 13.6. The van der Waals surface area contributed by atoms with Crippen LogP contribution >= 0.6 is 11.6 Å². The molecule has 0 saturated carbocycles. The number of aromatic nitrogens is 4. The number of piperidine rings is 1. The number of aryl methyl sites for hydroxylation is 1. The van der Waals surface area contributed by atoms with Crippen molar-refractivity contribution in [2.75, 3.05) is 13.6 Å². The van der Waals surface area contributed by atoms with Gasteiger partial charge in [0.15, 0.2) is 5.82 Å². The van der Waals surface area contributed by atoms with Crippen molar-refractivity contribution in [3.05, 3.63) is 76.7 Å². The van der Waals surface area contributed by atoms with Gasteiger partial charge in [-0.1, -0.05) is 37.9 Å². The van der Waals surface area contributed by atoms with Gasteiger partial charge in [0, 0.05) is 29.1 Å². The van der Waals surface area contributed by atoms with Crippen molar-refractivity contribution in [2.45, 2.75) is 58.2 Å². The molecule has 2 aromatic heterocycles. The molecule has 0 aliphatic carbocycles. The summed E-state index contributed by atoms with van der Waals surface area (Å²) < 4.78 is 30.3. The average Bonchev–Trinajstić information content (AvgIpc) is 3.33. The molecular formula is C29H37ClF2N8. The van der Waals surface area contributed by atoms with Crippen LogP contribution in [-0.4, -0.2) is 56.5 Å². The first kappa shape index (κ1) is 29.8. The molecule has 5 unspecified atom stereocenters. The molecule has 8 nitrogen and oxygen atoms in total. The van der Waals surface area contributed by atoms with E-state index < -0.39 is 23.8 Å². The molecule has 11 heteroatoms. The molecule has 3 heterocycles. The molecule has 1 aliphatic heterocycles. The smallest absolute Gasteiger partial charge is 0.213 e. The van der Waals surface area contributed by atoms with Crippen LogP contribution in [0.1, 0.15) is 56.5 Å². The number of pyridine rings is 1. The molecule has 214 valence electrons. The number of nitrogens with zero attached hydrogens (tertiary/aromatic N) is 6. The third kappa shape index (κ3) is 6.40. The molecule has 1 saturated heterocycles. The maximum absolute atomic E-state index is 15.0. The van der Waals surface area contributed by atoms with E-state index in [1.807, 2.05) is 0 Å². The first-order valence-corrected chi connectivity index (χ1v) is 13.9. The SMILES string of the molecule is CCC(C)C1CCCN(C)C1C(N=C/C(=C\N)c1cccc(F)n1)C(N)c1nc(C)nn1-c1cc(Cl)ccc1F. The Balaban J connectivity index is 1.83. The maximum Gasteiger partial charge on any atom is 0.213 e. The Morgan fingerprint density at radius 1 is 1.25 bits per heavy atom. The van der Waals surface area contributed by atoms with Crippen LogP contribution in [0.4, 0.5) is 8.78 Å². The van der Waals surface area contributed by atoms with Crippen molar-refractivity contribution in [3.8, 4) is 5.69 Å². The lowest BCUT2D eigenvalue weighted by Crippen LogP contribution is -2.54. The van der Waals surface area contributed by atoms with Crippen LogP contribution in [0.15, 0.2) is 47.6 Å². The van der Waals surface area contributed by atoms with E-state index in [-0.39, 0.29) is 11.7 Å². The van der Waals surface area contributed by atoms with Gasteiger partial charge in [-0.2, -0.15) is 9.49 Å². The summed E-state index contributed by atoms with van der Waals surface area (Å²) in [6.45, 7) is 7.05. The van der Waals surface area contributed by atoms with E-state index in [9.17, 15) is 8.78 Å². The second kappa shape index (κ2) is 13.0. The molecule has 1 aliphatic rings. The van der Waals surface area contributed by atoms with E-state index >= 15 is 0 Å². The highest BCUT2D eigenvalue weighted by Gasteiger charge is 2.42. The average molecular weight is 571 g/mol. The van der Waals surface area contributed by atoms with Crippen LogP contribution in [-0.2, 0) is 0 Å². The lowest BCUT2D eigenvalue weighted by Gasteiger charge is -2.46. The molecule has 0 radical (unpaired) electrons. The number of hydrogen-bond acceptors (Lipinski definition) is 7. The minimum Gasteiger partial charge on any atom is -0.404 e. The van der Waals surface area contributed by atoms with E-state index in [2.05, 4.69) is 40.9 Å². The molecule has 0 bridgehead atoms. The van der Waals surface area contributed by atoms with Crippen molar-refractivity contribution in [1.82, 2.24) is 24.6 Å². The van der Waals surface area contributed by atoms with Gasteiger partial charge in [-0.15, -0.1) is 0 Å². The highest BCUT2D eigenvalue weighted by molar-refractivity contribution is 6.30. The van der Waals surface area contributed by atoms with Gasteiger partial charge in [0.2, 0.25) is 5.95 Å². The van der Waals surface area contributed by atoms with Crippen LogP contribution in [0.5, 0.6) is 0 Å². The van der Waals surface area contributed by atoms with E-state index in [1.165, 1.54) is 35.1 Å². The number of nitrogens with two attached hydrogens (primary N) is 2. The fourth-order valence-corrected chi connectivity index (χ4v) is 5.78. The molecular weight excluding hydrogens is 534 g/mol. The molecule has 4 rings (SSSR count). The Morgan fingerprint density at radius 2 is 2.02 bits per heavy atom. The van der Waals surface area contributed by atoms with Crippen molar-refractivity contribution < 1.29 is 8.78 Å². The minimum atomic E-state index is -0.771. The standard InChI is InChI=1S/C29H37ClF2N8/c1-5-17(2)21-8-7-13-39(4)28(21)27(35-16-19(15-33)23-9-6-10-25(32)37-23)26(34)29-36-18(3)38-40(29)24-14-20(30)11-12-22(24)31/h6,9-12,14-17,21,26-28H,5,7-8,13,33-34H2,1-4H3/b19-15+,35-16?. The monoisotopic (exact) mass is 570 g/mol. The van der Waals surface area contributed by atoms with Gasteiger partial charge in [0.25, 0.3) is 0 Å². The summed E-state index contributed by atoms with van der Waals surface area (Å²) in [5, 5.41) is 4.83. The van der Waals surface area contributed by atoms with E-state index in [4.69, 9.17) is 28.1 Å². The van der Waals surface area contributed by atoms with Gasteiger partial charge in [-0.25, -0.2) is 19.0 Å². The third-order valence-electron chi connectivity index (χ3n) is 7.84. The predicted molar refractivity (Wildman–Crippen MR) is 155 cm³/mol. The second-order valence-corrected chi connectivity index (χ2v) is 10.9. The zero-order chi connectivity index (χ0) is 29.0. The third-order valence-corrected chi connectivity index (χ3v) is 8.07. The van der Waals surface area contributed by atoms with Crippen LogP contribution < -0.4 is 11.5 Å². The highest BCUT2D eigenvalue weighted by atomic mass is 35.5. The second-order valence-electron chi connectivity index (χ2n) is 10.4. The number of aliphatic imine (C=N–C) groups is 1. The molecule has 0 amide bonds. The zero-order valence-corrected chi connectivity index (χ0v) is 24.1. The van der Waals surface area contributed by atoms with Gasteiger partial charge >= 0.3 is 0 Å². The number of benzene rings is 1. The number of likely N-dealkylation sites (N-methyl/N-ethyl adjacent to an activating group) is 1. The van der Waals surface area contributed by atoms with Crippen LogP contribution in [0.3, 0.4) is 0 Å². The summed E-state index contributed by atoms with van der Waals surface area (Å²) >= 11 is 6.21. The van der Waals surface area contributed by atoms with Gasteiger partial charge < -0.3 is 16.4 Å². The normalized spacial score (nSPS) is 21.1. The molecule has 40 heavy (non-hydrogen) atoms. The van der Waals surface area contributed by atoms with Crippen LogP contribution in [0.25, 0.3) is 11.3 Å². The first-order chi connectivity index (χ1) is 19.1. The number of halogens is 3. The number of allylic oxidation sites excluding steroid dienone is 1. The summed E-state index contributed by atoms with van der Waals surface area (Å²) in [7, 11) is 2.08. The van der Waals surface area contributed by atoms with Gasteiger partial charge in [-0.05, 0) is 75.5 Å². The van der Waals surface area contributed by atoms with E-state index in [0.717, 1.165) is 25.8 Å². The Morgan fingerprint density at radius 3 is 2.73 bits per heavy atom. The number of likely N-dealkylation sites (tertiary alicyclic amines) is 1. The minimum absolute atomic E-state index is 0.0518. The zero-order valence-electron chi connectivity index (χ0n) is 23.3. The Kier molecular flexibility index (Phi) is 9.65. The van der Waals surface area contributed by atoms with Gasteiger partial charge in [0.1, 0.15) is 17.3 Å². The fourth-order valence-electron chi connectivity index (χ4n) is 5.61.